The van der Waals surface area contributed by atoms with Gasteiger partial charge < -0.3 is 14.8 Å². The zero-order valence-corrected chi connectivity index (χ0v) is 10.1. The maximum absolute atomic E-state index is 9.78. The molecule has 1 atom stereocenters. The van der Waals surface area contributed by atoms with Crippen molar-refractivity contribution in [1.82, 2.24) is 15.1 Å². The fourth-order valence-electron chi connectivity index (χ4n) is 1.75. The molecule has 17 heavy (non-hydrogen) atoms. The molecule has 0 spiro atoms. The smallest absolute Gasteiger partial charge is 0.133 e. The van der Waals surface area contributed by atoms with Crippen LogP contribution in [-0.2, 0) is 13.6 Å². The van der Waals surface area contributed by atoms with Crippen molar-refractivity contribution in [3.05, 3.63) is 41.6 Å². The number of furan rings is 1. The summed E-state index contributed by atoms with van der Waals surface area (Å²) in [5.74, 6) is 0.584. The van der Waals surface area contributed by atoms with Gasteiger partial charge in [-0.2, -0.15) is 5.10 Å². The van der Waals surface area contributed by atoms with Gasteiger partial charge in [0, 0.05) is 31.9 Å². The molecular weight excluding hydrogens is 218 g/mol. The Morgan fingerprint density at radius 1 is 1.59 bits per heavy atom. The van der Waals surface area contributed by atoms with E-state index in [1.54, 1.807) is 23.1 Å². The van der Waals surface area contributed by atoms with E-state index < -0.39 is 6.10 Å². The van der Waals surface area contributed by atoms with Crippen LogP contribution in [-0.4, -0.2) is 21.4 Å². The number of aromatic nitrogens is 2. The lowest BCUT2D eigenvalue weighted by Gasteiger charge is -2.08. The van der Waals surface area contributed by atoms with Crippen LogP contribution in [0.2, 0.25) is 0 Å². The molecule has 0 aliphatic carbocycles. The molecule has 0 fully saturated rings. The summed E-state index contributed by atoms with van der Waals surface area (Å²) in [7, 11) is 1.90. The third kappa shape index (κ3) is 2.95. The molecular formula is C12H17N3O2. The lowest BCUT2D eigenvalue weighted by Crippen LogP contribution is -2.20. The van der Waals surface area contributed by atoms with E-state index in [1.165, 1.54) is 0 Å². The Balaban J connectivity index is 1.82. The van der Waals surface area contributed by atoms with E-state index in [2.05, 4.69) is 10.4 Å². The molecule has 2 heterocycles. The van der Waals surface area contributed by atoms with Crippen molar-refractivity contribution in [2.45, 2.75) is 19.6 Å². The molecule has 92 valence electrons. The third-order valence-corrected chi connectivity index (χ3v) is 2.64. The van der Waals surface area contributed by atoms with Gasteiger partial charge in [0.15, 0.2) is 0 Å². The standard InChI is InChI=1S/C12H17N3O2/c1-9-10(8-15(2)14-9)6-13-7-11(16)12-4-3-5-17-12/h3-5,8,11,13,16H,6-7H2,1-2H3. The Kier molecular flexibility index (Phi) is 3.61. The normalized spacial score (nSPS) is 12.9. The zero-order chi connectivity index (χ0) is 12.3. The van der Waals surface area contributed by atoms with E-state index in [-0.39, 0.29) is 0 Å². The number of aliphatic hydroxyl groups is 1. The number of nitrogens with one attached hydrogen (secondary N) is 1. The molecule has 2 rings (SSSR count). The molecule has 0 bridgehead atoms. The van der Waals surface area contributed by atoms with Gasteiger partial charge in [-0.15, -0.1) is 0 Å². The minimum atomic E-state index is -0.609. The van der Waals surface area contributed by atoms with E-state index in [1.807, 2.05) is 20.2 Å². The first-order valence-corrected chi connectivity index (χ1v) is 5.58. The van der Waals surface area contributed by atoms with Gasteiger partial charge in [-0.1, -0.05) is 0 Å². The molecule has 2 N–H and O–H groups in total. The first-order valence-electron chi connectivity index (χ1n) is 5.58. The van der Waals surface area contributed by atoms with Gasteiger partial charge in [-0.25, -0.2) is 0 Å². The second-order valence-corrected chi connectivity index (χ2v) is 4.08. The fraction of sp³-hybridized carbons (Fsp3) is 0.417. The lowest BCUT2D eigenvalue weighted by atomic mass is 10.2. The number of hydrogen-bond donors (Lipinski definition) is 2. The van der Waals surface area contributed by atoms with E-state index in [0.29, 0.717) is 18.8 Å². The highest BCUT2D eigenvalue weighted by atomic mass is 16.4. The van der Waals surface area contributed by atoms with Gasteiger partial charge in [-0.05, 0) is 19.1 Å². The van der Waals surface area contributed by atoms with Crippen LogP contribution in [0.15, 0.2) is 29.0 Å². The van der Waals surface area contributed by atoms with E-state index in [4.69, 9.17) is 4.42 Å². The summed E-state index contributed by atoms with van der Waals surface area (Å²) >= 11 is 0. The van der Waals surface area contributed by atoms with E-state index >= 15 is 0 Å². The number of aryl methyl sites for hydroxylation is 2. The van der Waals surface area contributed by atoms with Gasteiger partial charge >= 0.3 is 0 Å². The van der Waals surface area contributed by atoms with Crippen molar-refractivity contribution in [2.24, 2.45) is 7.05 Å². The topological polar surface area (TPSA) is 63.2 Å². The molecule has 0 saturated heterocycles. The van der Waals surface area contributed by atoms with Crippen molar-refractivity contribution in [3.8, 4) is 0 Å². The predicted octanol–water partition coefficient (Wildman–Crippen LogP) is 1.14. The Hall–Kier alpha value is -1.59. The van der Waals surface area contributed by atoms with Crippen LogP contribution in [0, 0.1) is 6.92 Å². The van der Waals surface area contributed by atoms with Gasteiger partial charge in [0.25, 0.3) is 0 Å². The van der Waals surface area contributed by atoms with Crippen LogP contribution < -0.4 is 5.32 Å². The highest BCUT2D eigenvalue weighted by Crippen LogP contribution is 2.12. The van der Waals surface area contributed by atoms with Crippen molar-refractivity contribution < 1.29 is 9.52 Å². The van der Waals surface area contributed by atoms with Gasteiger partial charge in [0.05, 0.1) is 12.0 Å². The molecule has 2 aromatic rings. The lowest BCUT2D eigenvalue weighted by molar-refractivity contribution is 0.147. The second kappa shape index (κ2) is 5.16. The second-order valence-electron chi connectivity index (χ2n) is 4.08. The first kappa shape index (κ1) is 11.9. The number of hydrogen-bond acceptors (Lipinski definition) is 4. The Morgan fingerprint density at radius 3 is 3.00 bits per heavy atom. The fourth-order valence-corrected chi connectivity index (χ4v) is 1.75. The molecule has 5 nitrogen and oxygen atoms in total. The van der Waals surface area contributed by atoms with Gasteiger partial charge in [-0.3, -0.25) is 4.68 Å². The van der Waals surface area contributed by atoms with Crippen LogP contribution >= 0.6 is 0 Å². The van der Waals surface area contributed by atoms with Crippen LogP contribution in [0.5, 0.6) is 0 Å². The molecule has 0 amide bonds. The minimum absolute atomic E-state index is 0.460. The van der Waals surface area contributed by atoms with Crippen LogP contribution in [0.4, 0.5) is 0 Å². The van der Waals surface area contributed by atoms with Crippen molar-refractivity contribution in [2.75, 3.05) is 6.54 Å². The average molecular weight is 235 g/mol. The van der Waals surface area contributed by atoms with Crippen molar-refractivity contribution >= 4 is 0 Å². The van der Waals surface area contributed by atoms with Crippen molar-refractivity contribution in [1.29, 1.82) is 0 Å². The summed E-state index contributed by atoms with van der Waals surface area (Å²) < 4.78 is 6.91. The number of rotatable bonds is 5. The highest BCUT2D eigenvalue weighted by Gasteiger charge is 2.10. The average Bonchev–Trinajstić information content (AvgIpc) is 2.89. The summed E-state index contributed by atoms with van der Waals surface area (Å²) in [5.41, 5.74) is 2.15. The monoisotopic (exact) mass is 235 g/mol. The Morgan fingerprint density at radius 2 is 2.41 bits per heavy atom. The molecule has 0 aliphatic rings. The summed E-state index contributed by atoms with van der Waals surface area (Å²) in [6.45, 7) is 3.12. The Labute approximate surface area is 100 Å². The first-order chi connectivity index (χ1) is 8.16. The maximum atomic E-state index is 9.78. The largest absolute Gasteiger partial charge is 0.467 e. The molecule has 0 radical (unpaired) electrons. The van der Waals surface area contributed by atoms with Crippen LogP contribution in [0.25, 0.3) is 0 Å². The minimum Gasteiger partial charge on any atom is -0.467 e. The molecule has 0 aliphatic heterocycles. The van der Waals surface area contributed by atoms with Crippen molar-refractivity contribution in [3.63, 3.8) is 0 Å². The highest BCUT2D eigenvalue weighted by molar-refractivity contribution is 5.14. The van der Waals surface area contributed by atoms with Crippen LogP contribution in [0.3, 0.4) is 0 Å². The zero-order valence-electron chi connectivity index (χ0n) is 10.1. The SMILES string of the molecule is Cc1nn(C)cc1CNCC(O)c1ccco1. The molecule has 0 aromatic carbocycles. The number of aliphatic hydroxyl groups excluding tert-OH is 1. The summed E-state index contributed by atoms with van der Waals surface area (Å²) in [5, 5.41) is 17.2. The number of nitrogens with zero attached hydrogens (tertiary/aromatic N) is 2. The summed E-state index contributed by atoms with van der Waals surface area (Å²) in [6, 6.07) is 3.53. The van der Waals surface area contributed by atoms with E-state index in [0.717, 1.165) is 11.3 Å². The third-order valence-electron chi connectivity index (χ3n) is 2.64. The summed E-state index contributed by atoms with van der Waals surface area (Å²) in [6.07, 6.45) is 2.92. The molecule has 1 unspecified atom stereocenters. The molecule has 2 aromatic heterocycles. The van der Waals surface area contributed by atoms with Crippen LogP contribution in [0.1, 0.15) is 23.1 Å². The van der Waals surface area contributed by atoms with Gasteiger partial charge in [0.2, 0.25) is 0 Å². The Bertz CT molecular complexity index is 462. The quantitative estimate of drug-likeness (QED) is 0.816. The predicted molar refractivity (Wildman–Crippen MR) is 63.3 cm³/mol. The van der Waals surface area contributed by atoms with Gasteiger partial charge in [0.1, 0.15) is 11.9 Å². The molecule has 5 heteroatoms. The molecule has 0 saturated carbocycles. The van der Waals surface area contributed by atoms with E-state index in [9.17, 15) is 5.11 Å². The maximum Gasteiger partial charge on any atom is 0.133 e. The summed E-state index contributed by atoms with van der Waals surface area (Å²) in [4.78, 5) is 0.